The zero-order valence-corrected chi connectivity index (χ0v) is 10.8. The Morgan fingerprint density at radius 1 is 1.38 bits per heavy atom. The molecule has 0 amide bonds. The molecule has 0 radical (unpaired) electrons. The van der Waals surface area contributed by atoms with Crippen LogP contribution in [0.1, 0.15) is 50.8 Å². The van der Waals surface area contributed by atoms with E-state index in [0.717, 1.165) is 23.7 Å². The van der Waals surface area contributed by atoms with Crippen molar-refractivity contribution in [2.45, 2.75) is 52.9 Å². The lowest BCUT2D eigenvalue weighted by Gasteiger charge is -2.16. The summed E-state index contributed by atoms with van der Waals surface area (Å²) in [6, 6.07) is 2.07. The summed E-state index contributed by atoms with van der Waals surface area (Å²) in [5, 5.41) is 0. The number of unbranched alkanes of at least 4 members (excludes halogenated alkanes) is 1. The van der Waals surface area contributed by atoms with Crippen LogP contribution in [0.15, 0.2) is 12.3 Å². The summed E-state index contributed by atoms with van der Waals surface area (Å²) in [6.45, 7) is 6.49. The van der Waals surface area contributed by atoms with Crippen LogP contribution in [-0.2, 0) is 6.42 Å². The van der Waals surface area contributed by atoms with Crippen LogP contribution in [0.25, 0.3) is 0 Å². The summed E-state index contributed by atoms with van der Waals surface area (Å²) >= 11 is 0. The van der Waals surface area contributed by atoms with Gasteiger partial charge < -0.3 is 5.73 Å². The molecule has 0 aliphatic heterocycles. The molecule has 1 rings (SSSR count). The largest absolute Gasteiger partial charge is 0.397 e. The van der Waals surface area contributed by atoms with Crippen LogP contribution in [0.3, 0.4) is 0 Å². The summed E-state index contributed by atoms with van der Waals surface area (Å²) in [4.78, 5) is 4.21. The molecule has 0 saturated carbocycles. The van der Waals surface area contributed by atoms with Crippen LogP contribution < -0.4 is 5.73 Å². The van der Waals surface area contributed by atoms with Crippen LogP contribution in [0.2, 0.25) is 0 Å². The SMILES string of the molecule is CCCCC(CC)Cc1ccnc(C)c1N. The fourth-order valence-electron chi connectivity index (χ4n) is 2.06. The number of rotatable bonds is 6. The van der Waals surface area contributed by atoms with Crippen molar-refractivity contribution in [2.75, 3.05) is 5.73 Å². The van der Waals surface area contributed by atoms with Gasteiger partial charge in [-0.1, -0.05) is 39.5 Å². The minimum atomic E-state index is 0.768. The van der Waals surface area contributed by atoms with Gasteiger partial charge in [-0.15, -0.1) is 0 Å². The molecular weight excluding hydrogens is 196 g/mol. The molecule has 1 unspecified atom stereocenters. The first-order valence-electron chi connectivity index (χ1n) is 6.39. The second-order valence-electron chi connectivity index (χ2n) is 4.59. The smallest absolute Gasteiger partial charge is 0.0604 e. The maximum atomic E-state index is 6.05. The first-order chi connectivity index (χ1) is 7.69. The van der Waals surface area contributed by atoms with E-state index >= 15 is 0 Å². The molecule has 0 spiro atoms. The Kier molecular flexibility index (Phi) is 5.30. The van der Waals surface area contributed by atoms with Gasteiger partial charge >= 0.3 is 0 Å². The number of hydrogen-bond acceptors (Lipinski definition) is 2. The van der Waals surface area contributed by atoms with E-state index in [1.165, 1.54) is 31.2 Å². The molecule has 2 heteroatoms. The monoisotopic (exact) mass is 220 g/mol. The number of nitrogens with zero attached hydrogens (tertiary/aromatic N) is 1. The van der Waals surface area contributed by atoms with Gasteiger partial charge in [-0.05, 0) is 30.9 Å². The molecular formula is C14H24N2. The average Bonchev–Trinajstić information content (AvgIpc) is 2.30. The molecule has 0 fully saturated rings. The quantitative estimate of drug-likeness (QED) is 0.793. The van der Waals surface area contributed by atoms with E-state index in [1.807, 2.05) is 13.1 Å². The van der Waals surface area contributed by atoms with Crippen molar-refractivity contribution in [1.29, 1.82) is 0 Å². The Morgan fingerprint density at radius 2 is 2.12 bits per heavy atom. The van der Waals surface area contributed by atoms with Gasteiger partial charge in [-0.25, -0.2) is 0 Å². The third-order valence-corrected chi connectivity index (χ3v) is 3.33. The summed E-state index contributed by atoms with van der Waals surface area (Å²) in [7, 11) is 0. The number of nitrogen functional groups attached to an aromatic ring is 1. The summed E-state index contributed by atoms with van der Waals surface area (Å²) < 4.78 is 0. The number of aryl methyl sites for hydroxylation is 1. The molecule has 1 heterocycles. The number of pyridine rings is 1. The van der Waals surface area contributed by atoms with E-state index in [0.29, 0.717) is 0 Å². The lowest BCUT2D eigenvalue weighted by atomic mass is 9.91. The maximum absolute atomic E-state index is 6.05. The minimum absolute atomic E-state index is 0.768. The molecule has 0 aliphatic carbocycles. The maximum Gasteiger partial charge on any atom is 0.0604 e. The molecule has 0 saturated heterocycles. The number of aromatic nitrogens is 1. The molecule has 1 aromatic heterocycles. The second-order valence-corrected chi connectivity index (χ2v) is 4.59. The molecule has 0 aliphatic rings. The van der Waals surface area contributed by atoms with Gasteiger partial charge in [0, 0.05) is 6.20 Å². The molecule has 16 heavy (non-hydrogen) atoms. The predicted octanol–water partition coefficient (Wildman–Crippen LogP) is 3.73. The molecule has 90 valence electrons. The van der Waals surface area contributed by atoms with E-state index in [4.69, 9.17) is 5.73 Å². The van der Waals surface area contributed by atoms with E-state index in [9.17, 15) is 0 Å². The summed E-state index contributed by atoms with van der Waals surface area (Å²) in [5.74, 6) is 0.768. The van der Waals surface area contributed by atoms with Crippen molar-refractivity contribution in [3.8, 4) is 0 Å². The highest BCUT2D eigenvalue weighted by atomic mass is 14.7. The molecule has 1 atom stereocenters. The van der Waals surface area contributed by atoms with Gasteiger partial charge in [0.25, 0.3) is 0 Å². The molecule has 2 N–H and O–H groups in total. The van der Waals surface area contributed by atoms with Crippen molar-refractivity contribution in [1.82, 2.24) is 4.98 Å². The predicted molar refractivity (Wildman–Crippen MR) is 70.4 cm³/mol. The Hall–Kier alpha value is -1.05. The van der Waals surface area contributed by atoms with Crippen molar-refractivity contribution >= 4 is 5.69 Å². The van der Waals surface area contributed by atoms with Gasteiger partial charge in [0.1, 0.15) is 0 Å². The van der Waals surface area contributed by atoms with E-state index in [-0.39, 0.29) is 0 Å². The van der Waals surface area contributed by atoms with Crippen molar-refractivity contribution in [3.05, 3.63) is 23.5 Å². The summed E-state index contributed by atoms with van der Waals surface area (Å²) in [6.07, 6.45) is 8.12. The third kappa shape index (κ3) is 3.51. The zero-order chi connectivity index (χ0) is 12.0. The standard InChI is InChI=1S/C14H24N2/c1-4-6-7-12(5-2)10-13-8-9-16-11(3)14(13)15/h8-9,12H,4-7,10,15H2,1-3H3. The minimum Gasteiger partial charge on any atom is -0.397 e. The van der Waals surface area contributed by atoms with E-state index in [1.54, 1.807) is 0 Å². The lowest BCUT2D eigenvalue weighted by Crippen LogP contribution is -2.07. The topological polar surface area (TPSA) is 38.9 Å². The molecule has 1 aromatic rings. The van der Waals surface area contributed by atoms with E-state index in [2.05, 4.69) is 24.9 Å². The van der Waals surface area contributed by atoms with Crippen LogP contribution >= 0.6 is 0 Å². The normalized spacial score (nSPS) is 12.7. The fraction of sp³-hybridized carbons (Fsp3) is 0.643. The second kappa shape index (κ2) is 6.51. The Labute approximate surface area is 99.3 Å². The number of hydrogen-bond donors (Lipinski definition) is 1. The fourth-order valence-corrected chi connectivity index (χ4v) is 2.06. The van der Waals surface area contributed by atoms with Crippen LogP contribution in [0, 0.1) is 12.8 Å². The van der Waals surface area contributed by atoms with Crippen LogP contribution in [0.4, 0.5) is 5.69 Å². The molecule has 0 aromatic carbocycles. The van der Waals surface area contributed by atoms with Gasteiger partial charge in [-0.3, -0.25) is 4.98 Å². The first-order valence-corrected chi connectivity index (χ1v) is 6.39. The first kappa shape index (κ1) is 13.0. The van der Waals surface area contributed by atoms with Crippen molar-refractivity contribution in [3.63, 3.8) is 0 Å². The van der Waals surface area contributed by atoms with Crippen molar-refractivity contribution < 1.29 is 0 Å². The molecule has 0 bridgehead atoms. The lowest BCUT2D eigenvalue weighted by molar-refractivity contribution is 0.449. The van der Waals surface area contributed by atoms with Gasteiger partial charge in [0.2, 0.25) is 0 Å². The van der Waals surface area contributed by atoms with E-state index < -0.39 is 0 Å². The Bertz CT molecular complexity index is 321. The Balaban J connectivity index is 2.66. The van der Waals surface area contributed by atoms with Gasteiger partial charge in [0.05, 0.1) is 11.4 Å². The summed E-state index contributed by atoms with van der Waals surface area (Å²) in [5.41, 5.74) is 9.17. The van der Waals surface area contributed by atoms with Crippen LogP contribution in [-0.4, -0.2) is 4.98 Å². The number of nitrogens with two attached hydrogens (primary N) is 1. The number of anilines is 1. The molecule has 2 nitrogen and oxygen atoms in total. The highest BCUT2D eigenvalue weighted by molar-refractivity contribution is 5.49. The van der Waals surface area contributed by atoms with Gasteiger partial charge in [-0.2, -0.15) is 0 Å². The van der Waals surface area contributed by atoms with Crippen LogP contribution in [0.5, 0.6) is 0 Å². The van der Waals surface area contributed by atoms with Gasteiger partial charge in [0.15, 0.2) is 0 Å². The highest BCUT2D eigenvalue weighted by Crippen LogP contribution is 2.23. The Morgan fingerprint density at radius 3 is 2.75 bits per heavy atom. The highest BCUT2D eigenvalue weighted by Gasteiger charge is 2.10. The average molecular weight is 220 g/mol. The zero-order valence-electron chi connectivity index (χ0n) is 10.8. The van der Waals surface area contributed by atoms with Crippen molar-refractivity contribution in [2.24, 2.45) is 5.92 Å². The third-order valence-electron chi connectivity index (χ3n) is 3.33.